The molecule has 1 atom stereocenters. The van der Waals surface area contributed by atoms with Crippen LogP contribution in [-0.4, -0.2) is 0 Å². The molecule has 14 heavy (non-hydrogen) atoms. The second-order valence-corrected chi connectivity index (χ2v) is 4.27. The van der Waals surface area contributed by atoms with Gasteiger partial charge in [-0.15, -0.1) is 0 Å². The molecular weight excluding hydrogens is 168 g/mol. The van der Waals surface area contributed by atoms with Crippen LogP contribution >= 0.6 is 0 Å². The van der Waals surface area contributed by atoms with Gasteiger partial charge in [-0.1, -0.05) is 63.8 Å². The summed E-state index contributed by atoms with van der Waals surface area (Å²) in [6.45, 7) is 10.5. The van der Waals surface area contributed by atoms with Crippen molar-refractivity contribution in [1.29, 1.82) is 0 Å². The molecule has 0 saturated heterocycles. The van der Waals surface area contributed by atoms with Crippen molar-refractivity contribution in [1.82, 2.24) is 0 Å². The Kier molecular flexibility index (Phi) is 8.72. The highest BCUT2D eigenvalue weighted by Gasteiger charge is 1.94. The van der Waals surface area contributed by atoms with Crippen molar-refractivity contribution in [2.24, 2.45) is 5.92 Å². The molecule has 0 radical (unpaired) electrons. The van der Waals surface area contributed by atoms with E-state index in [9.17, 15) is 0 Å². The van der Waals surface area contributed by atoms with E-state index >= 15 is 0 Å². The van der Waals surface area contributed by atoms with Crippen molar-refractivity contribution in [2.45, 2.75) is 59.3 Å². The minimum atomic E-state index is 0.547. The molecule has 0 bridgehead atoms. The zero-order chi connectivity index (χ0) is 10.8. The maximum atomic E-state index is 3.94. The second kappa shape index (κ2) is 9.05. The summed E-state index contributed by atoms with van der Waals surface area (Å²) in [5.74, 6) is 0.547. The van der Waals surface area contributed by atoms with E-state index in [-0.39, 0.29) is 0 Å². The van der Waals surface area contributed by atoms with E-state index in [2.05, 4.69) is 39.5 Å². The van der Waals surface area contributed by atoms with Gasteiger partial charge in [-0.25, -0.2) is 0 Å². The van der Waals surface area contributed by atoms with E-state index in [1.165, 1.54) is 44.1 Å². The average molecular weight is 194 g/mol. The smallest absolute Gasteiger partial charge is 0.00571 e. The molecule has 0 aliphatic heterocycles. The molecule has 0 saturated carbocycles. The summed E-state index contributed by atoms with van der Waals surface area (Å²) in [5.41, 5.74) is 1.26. The SMILES string of the molecule is C=C(C)C(C)/C=C/CCCCCCC. The molecule has 0 aromatic carbocycles. The van der Waals surface area contributed by atoms with Gasteiger partial charge in [0, 0.05) is 0 Å². The first kappa shape index (κ1) is 13.5. The van der Waals surface area contributed by atoms with Gasteiger partial charge in [0.05, 0.1) is 0 Å². The average Bonchev–Trinajstić information content (AvgIpc) is 2.16. The number of rotatable bonds is 8. The Morgan fingerprint density at radius 3 is 2.43 bits per heavy atom. The normalized spacial score (nSPS) is 13.4. The quantitative estimate of drug-likeness (QED) is 0.372. The van der Waals surface area contributed by atoms with Crippen LogP contribution in [0.25, 0.3) is 0 Å². The maximum absolute atomic E-state index is 3.94. The first-order valence-corrected chi connectivity index (χ1v) is 6.00. The third kappa shape index (κ3) is 8.10. The minimum absolute atomic E-state index is 0.547. The molecule has 0 rings (SSSR count). The Bertz CT molecular complexity index is 165. The third-order valence-corrected chi connectivity index (χ3v) is 2.68. The van der Waals surface area contributed by atoms with Crippen molar-refractivity contribution < 1.29 is 0 Å². The largest absolute Gasteiger partial charge is 0.0996 e. The molecule has 0 heteroatoms. The summed E-state index contributed by atoms with van der Waals surface area (Å²) in [5, 5.41) is 0. The molecule has 0 N–H and O–H groups in total. The summed E-state index contributed by atoms with van der Waals surface area (Å²) in [6, 6.07) is 0. The highest BCUT2D eigenvalue weighted by molar-refractivity contribution is 5.04. The van der Waals surface area contributed by atoms with Gasteiger partial charge in [0.25, 0.3) is 0 Å². The van der Waals surface area contributed by atoms with Gasteiger partial charge in [-0.05, 0) is 25.7 Å². The Balaban J connectivity index is 3.31. The van der Waals surface area contributed by atoms with Crippen LogP contribution in [0.3, 0.4) is 0 Å². The summed E-state index contributed by atoms with van der Waals surface area (Å²) in [4.78, 5) is 0. The van der Waals surface area contributed by atoms with Crippen LogP contribution in [0.1, 0.15) is 59.3 Å². The number of unbranched alkanes of at least 4 members (excludes halogenated alkanes) is 5. The van der Waals surface area contributed by atoms with Gasteiger partial charge in [0.1, 0.15) is 0 Å². The van der Waals surface area contributed by atoms with E-state index in [1.807, 2.05) is 0 Å². The van der Waals surface area contributed by atoms with Crippen LogP contribution in [0.4, 0.5) is 0 Å². The van der Waals surface area contributed by atoms with Gasteiger partial charge in [0.2, 0.25) is 0 Å². The van der Waals surface area contributed by atoms with Gasteiger partial charge in [-0.2, -0.15) is 0 Å². The zero-order valence-corrected chi connectivity index (χ0v) is 10.2. The molecule has 0 aliphatic rings. The van der Waals surface area contributed by atoms with Crippen molar-refractivity contribution in [3.63, 3.8) is 0 Å². The highest BCUT2D eigenvalue weighted by Crippen LogP contribution is 2.10. The Labute approximate surface area is 90.1 Å². The summed E-state index contributed by atoms with van der Waals surface area (Å²) < 4.78 is 0. The predicted octanol–water partition coefficient (Wildman–Crippen LogP) is 5.12. The Morgan fingerprint density at radius 1 is 1.21 bits per heavy atom. The Morgan fingerprint density at radius 2 is 1.86 bits per heavy atom. The standard InChI is InChI=1S/C14H26/c1-5-6-7-8-9-10-11-12-14(4)13(2)3/h11-12,14H,2,5-10H2,1,3-4H3/b12-11+. The lowest BCUT2D eigenvalue weighted by molar-refractivity contribution is 0.636. The molecule has 0 amide bonds. The van der Waals surface area contributed by atoms with Crippen molar-refractivity contribution >= 4 is 0 Å². The number of allylic oxidation sites excluding steroid dienone is 3. The highest BCUT2D eigenvalue weighted by atomic mass is 14.0. The molecule has 82 valence electrons. The summed E-state index contributed by atoms with van der Waals surface area (Å²) >= 11 is 0. The molecule has 0 aliphatic carbocycles. The fourth-order valence-corrected chi connectivity index (χ4v) is 1.33. The van der Waals surface area contributed by atoms with Crippen LogP contribution in [-0.2, 0) is 0 Å². The first-order valence-electron chi connectivity index (χ1n) is 6.00. The molecule has 0 spiro atoms. The molecule has 0 aromatic heterocycles. The fourth-order valence-electron chi connectivity index (χ4n) is 1.33. The van der Waals surface area contributed by atoms with E-state index in [0.29, 0.717) is 5.92 Å². The summed E-state index contributed by atoms with van der Waals surface area (Å²) in [7, 11) is 0. The second-order valence-electron chi connectivity index (χ2n) is 4.27. The first-order chi connectivity index (χ1) is 6.68. The maximum Gasteiger partial charge on any atom is -0.00571 e. The van der Waals surface area contributed by atoms with Crippen molar-refractivity contribution in [3.05, 3.63) is 24.3 Å². The monoisotopic (exact) mass is 194 g/mol. The van der Waals surface area contributed by atoms with E-state index in [4.69, 9.17) is 0 Å². The van der Waals surface area contributed by atoms with Gasteiger partial charge >= 0.3 is 0 Å². The van der Waals surface area contributed by atoms with Crippen LogP contribution in [0, 0.1) is 5.92 Å². The third-order valence-electron chi connectivity index (χ3n) is 2.68. The molecule has 0 nitrogen and oxygen atoms in total. The van der Waals surface area contributed by atoms with Crippen LogP contribution < -0.4 is 0 Å². The van der Waals surface area contributed by atoms with E-state index in [1.54, 1.807) is 0 Å². The topological polar surface area (TPSA) is 0 Å². The number of hydrogen-bond donors (Lipinski definition) is 0. The van der Waals surface area contributed by atoms with Crippen LogP contribution in [0.2, 0.25) is 0 Å². The molecule has 0 aromatic rings. The van der Waals surface area contributed by atoms with Crippen LogP contribution in [0.5, 0.6) is 0 Å². The zero-order valence-electron chi connectivity index (χ0n) is 10.2. The molecule has 0 heterocycles. The van der Waals surface area contributed by atoms with Gasteiger partial charge < -0.3 is 0 Å². The molecular formula is C14H26. The van der Waals surface area contributed by atoms with Gasteiger partial charge in [-0.3, -0.25) is 0 Å². The lowest BCUT2D eigenvalue weighted by atomic mass is 10.0. The Hall–Kier alpha value is -0.520. The fraction of sp³-hybridized carbons (Fsp3) is 0.714. The molecule has 0 fully saturated rings. The molecule has 1 unspecified atom stereocenters. The lowest BCUT2D eigenvalue weighted by Gasteiger charge is -2.03. The van der Waals surface area contributed by atoms with Crippen molar-refractivity contribution in [2.75, 3.05) is 0 Å². The minimum Gasteiger partial charge on any atom is -0.0996 e. The van der Waals surface area contributed by atoms with Crippen molar-refractivity contribution in [3.8, 4) is 0 Å². The van der Waals surface area contributed by atoms with E-state index < -0.39 is 0 Å². The summed E-state index contributed by atoms with van der Waals surface area (Å²) in [6.07, 6.45) is 12.7. The predicted molar refractivity (Wildman–Crippen MR) is 66.5 cm³/mol. The lowest BCUT2D eigenvalue weighted by Crippen LogP contribution is -1.88. The number of hydrogen-bond acceptors (Lipinski definition) is 0. The van der Waals surface area contributed by atoms with Gasteiger partial charge in [0.15, 0.2) is 0 Å². The van der Waals surface area contributed by atoms with E-state index in [0.717, 1.165) is 0 Å². The van der Waals surface area contributed by atoms with Crippen LogP contribution in [0.15, 0.2) is 24.3 Å².